The molecule has 0 aliphatic carbocycles. The predicted molar refractivity (Wildman–Crippen MR) is 77.9 cm³/mol. The molecule has 0 saturated heterocycles. The summed E-state index contributed by atoms with van der Waals surface area (Å²) in [5.41, 5.74) is 7.12. The minimum Gasteiger partial charge on any atom is -0.475 e. The Kier molecular flexibility index (Phi) is 7.40. The van der Waals surface area contributed by atoms with Crippen LogP contribution in [-0.2, 0) is 11.2 Å². The third-order valence-corrected chi connectivity index (χ3v) is 2.96. The zero-order valence-corrected chi connectivity index (χ0v) is 12.5. The van der Waals surface area contributed by atoms with Crippen molar-refractivity contribution in [3.63, 3.8) is 0 Å². The maximum atomic E-state index is 10.6. The number of benzene rings is 1. The number of halogens is 3. The number of aromatic nitrogens is 1. The molecule has 1 heterocycles. The van der Waals surface area contributed by atoms with Crippen LogP contribution < -0.4 is 5.73 Å². The van der Waals surface area contributed by atoms with Gasteiger partial charge in [0.1, 0.15) is 12.4 Å². The number of aliphatic carboxylic acids is 1. The SMILES string of the molecule is N[C@@H](CCc1ccccc1)C(O)c1ncco1.O=C(O)C(F)(F)F. The first kappa shape index (κ1) is 19.7. The molecule has 0 spiro atoms. The van der Waals surface area contributed by atoms with E-state index in [-0.39, 0.29) is 11.9 Å². The Bertz CT molecular complexity index is 603. The number of hydrogen-bond acceptors (Lipinski definition) is 5. The summed E-state index contributed by atoms with van der Waals surface area (Å²) in [6.45, 7) is 0. The molecule has 1 aromatic heterocycles. The van der Waals surface area contributed by atoms with Crippen LogP contribution in [0.5, 0.6) is 0 Å². The van der Waals surface area contributed by atoms with Gasteiger partial charge in [0, 0.05) is 6.04 Å². The summed E-state index contributed by atoms with van der Waals surface area (Å²) < 4.78 is 36.8. The molecule has 24 heavy (non-hydrogen) atoms. The molecule has 0 aliphatic heterocycles. The standard InChI is InChI=1S/C13H16N2O2.C2HF3O2/c14-11(12(16)13-15-8-9-17-13)7-6-10-4-2-1-3-5-10;3-2(4,5)1(6)7/h1-5,8-9,11-12,16H,6-7,14H2;(H,6,7)/t11-,12?;/m0./s1. The fourth-order valence-electron chi connectivity index (χ4n) is 1.70. The van der Waals surface area contributed by atoms with Gasteiger partial charge in [0.25, 0.3) is 0 Å². The van der Waals surface area contributed by atoms with E-state index < -0.39 is 18.2 Å². The second kappa shape index (κ2) is 9.04. The number of nitrogens with zero attached hydrogens (tertiary/aromatic N) is 1. The van der Waals surface area contributed by atoms with E-state index >= 15 is 0 Å². The highest BCUT2D eigenvalue weighted by Gasteiger charge is 2.38. The number of carboxylic acids is 1. The zero-order chi connectivity index (χ0) is 18.2. The van der Waals surface area contributed by atoms with Gasteiger partial charge in [0.05, 0.1) is 6.20 Å². The number of carbonyl (C=O) groups is 1. The van der Waals surface area contributed by atoms with Gasteiger partial charge in [-0.25, -0.2) is 9.78 Å². The first-order valence-corrected chi connectivity index (χ1v) is 6.89. The van der Waals surface area contributed by atoms with Crippen LogP contribution in [0, 0.1) is 0 Å². The van der Waals surface area contributed by atoms with E-state index in [0.29, 0.717) is 6.42 Å². The lowest BCUT2D eigenvalue weighted by molar-refractivity contribution is -0.192. The lowest BCUT2D eigenvalue weighted by Gasteiger charge is -2.15. The lowest BCUT2D eigenvalue weighted by Crippen LogP contribution is -2.29. The minimum absolute atomic E-state index is 0.283. The second-order valence-corrected chi connectivity index (χ2v) is 4.81. The number of rotatable bonds is 5. The van der Waals surface area contributed by atoms with Gasteiger partial charge in [-0.15, -0.1) is 0 Å². The maximum absolute atomic E-state index is 10.6. The van der Waals surface area contributed by atoms with Crippen molar-refractivity contribution in [2.24, 2.45) is 5.73 Å². The average molecular weight is 346 g/mol. The fraction of sp³-hybridized carbons (Fsp3) is 0.333. The van der Waals surface area contributed by atoms with Crippen LogP contribution in [-0.4, -0.2) is 33.4 Å². The summed E-state index contributed by atoms with van der Waals surface area (Å²) in [5.74, 6) is -2.47. The van der Waals surface area contributed by atoms with Gasteiger partial charge in [-0.3, -0.25) is 0 Å². The fourth-order valence-corrected chi connectivity index (χ4v) is 1.70. The Morgan fingerprint density at radius 1 is 1.29 bits per heavy atom. The van der Waals surface area contributed by atoms with Crippen LogP contribution in [0.4, 0.5) is 13.2 Å². The van der Waals surface area contributed by atoms with Crippen molar-refractivity contribution in [2.45, 2.75) is 31.2 Å². The van der Waals surface area contributed by atoms with Gasteiger partial charge in [0.15, 0.2) is 0 Å². The summed E-state index contributed by atoms with van der Waals surface area (Å²) >= 11 is 0. The van der Waals surface area contributed by atoms with Gasteiger partial charge >= 0.3 is 12.1 Å². The number of alkyl halides is 3. The summed E-state index contributed by atoms with van der Waals surface area (Å²) in [6.07, 6.45) is -1.47. The van der Waals surface area contributed by atoms with Crippen molar-refractivity contribution in [2.75, 3.05) is 0 Å². The zero-order valence-electron chi connectivity index (χ0n) is 12.5. The molecule has 0 bridgehead atoms. The molecule has 2 atom stereocenters. The number of nitrogens with two attached hydrogens (primary N) is 1. The molecule has 0 fully saturated rings. The second-order valence-electron chi connectivity index (χ2n) is 4.81. The van der Waals surface area contributed by atoms with Crippen molar-refractivity contribution in [1.29, 1.82) is 0 Å². The van der Waals surface area contributed by atoms with Crippen molar-refractivity contribution in [3.05, 3.63) is 54.2 Å². The normalized spacial score (nSPS) is 13.5. The van der Waals surface area contributed by atoms with E-state index in [1.54, 1.807) is 0 Å². The van der Waals surface area contributed by atoms with Crippen LogP contribution in [0.3, 0.4) is 0 Å². The summed E-state index contributed by atoms with van der Waals surface area (Å²) in [7, 11) is 0. The number of oxazole rings is 1. The Hall–Kier alpha value is -2.39. The van der Waals surface area contributed by atoms with Gasteiger partial charge < -0.3 is 20.4 Å². The number of aliphatic hydroxyl groups is 1. The smallest absolute Gasteiger partial charge is 0.475 e. The van der Waals surface area contributed by atoms with Gasteiger partial charge in [0.2, 0.25) is 5.89 Å². The van der Waals surface area contributed by atoms with E-state index in [2.05, 4.69) is 4.98 Å². The lowest BCUT2D eigenvalue weighted by atomic mass is 10.0. The average Bonchev–Trinajstić information content (AvgIpc) is 3.07. The predicted octanol–water partition coefficient (Wildman–Crippen LogP) is 2.30. The van der Waals surface area contributed by atoms with Crippen molar-refractivity contribution >= 4 is 5.97 Å². The van der Waals surface area contributed by atoms with Gasteiger partial charge in [-0.2, -0.15) is 13.2 Å². The third-order valence-electron chi connectivity index (χ3n) is 2.96. The van der Waals surface area contributed by atoms with Crippen molar-refractivity contribution in [3.8, 4) is 0 Å². The van der Waals surface area contributed by atoms with Crippen LogP contribution in [0.15, 0.2) is 47.2 Å². The molecule has 2 rings (SSSR count). The molecular formula is C15H17F3N2O4. The number of aliphatic hydroxyl groups excluding tert-OH is 1. The van der Waals surface area contributed by atoms with Crippen LogP contribution >= 0.6 is 0 Å². The number of hydrogen-bond donors (Lipinski definition) is 3. The molecule has 0 radical (unpaired) electrons. The number of carboxylic acid groups (broad SMARTS) is 1. The molecule has 0 aliphatic rings. The van der Waals surface area contributed by atoms with Gasteiger partial charge in [-0.05, 0) is 18.4 Å². The van der Waals surface area contributed by atoms with E-state index in [9.17, 15) is 18.3 Å². The molecule has 1 aromatic carbocycles. The Labute approximate surface area is 135 Å². The molecule has 0 saturated carbocycles. The molecule has 132 valence electrons. The summed E-state index contributed by atoms with van der Waals surface area (Å²) in [5, 5.41) is 17.0. The number of aryl methyl sites for hydroxylation is 1. The summed E-state index contributed by atoms with van der Waals surface area (Å²) in [6, 6.07) is 9.69. The van der Waals surface area contributed by atoms with Crippen LogP contribution in [0.1, 0.15) is 24.0 Å². The van der Waals surface area contributed by atoms with E-state index in [1.807, 2.05) is 30.3 Å². The van der Waals surface area contributed by atoms with Crippen LogP contribution in [0.25, 0.3) is 0 Å². The Morgan fingerprint density at radius 2 is 1.88 bits per heavy atom. The molecule has 9 heteroatoms. The first-order valence-electron chi connectivity index (χ1n) is 6.89. The monoisotopic (exact) mass is 346 g/mol. The van der Waals surface area contributed by atoms with Gasteiger partial charge in [-0.1, -0.05) is 30.3 Å². The largest absolute Gasteiger partial charge is 0.490 e. The van der Waals surface area contributed by atoms with E-state index in [1.165, 1.54) is 18.0 Å². The highest BCUT2D eigenvalue weighted by Crippen LogP contribution is 2.17. The topological polar surface area (TPSA) is 110 Å². The maximum Gasteiger partial charge on any atom is 0.490 e. The van der Waals surface area contributed by atoms with Crippen molar-refractivity contribution < 1.29 is 32.6 Å². The minimum atomic E-state index is -5.08. The highest BCUT2D eigenvalue weighted by molar-refractivity contribution is 5.73. The molecule has 1 unspecified atom stereocenters. The molecule has 4 N–H and O–H groups in total. The van der Waals surface area contributed by atoms with E-state index in [4.69, 9.17) is 20.1 Å². The molecular weight excluding hydrogens is 329 g/mol. The van der Waals surface area contributed by atoms with Crippen LogP contribution in [0.2, 0.25) is 0 Å². The molecule has 0 amide bonds. The molecule has 2 aromatic rings. The first-order chi connectivity index (χ1) is 11.2. The van der Waals surface area contributed by atoms with E-state index in [0.717, 1.165) is 6.42 Å². The Balaban J connectivity index is 0.000000351. The van der Waals surface area contributed by atoms with Crippen molar-refractivity contribution in [1.82, 2.24) is 4.98 Å². The molecule has 6 nitrogen and oxygen atoms in total. The summed E-state index contributed by atoms with van der Waals surface area (Å²) in [4.78, 5) is 12.8. The third kappa shape index (κ3) is 6.80. The highest BCUT2D eigenvalue weighted by atomic mass is 19.4. The quantitative estimate of drug-likeness (QED) is 0.766. The Morgan fingerprint density at radius 3 is 2.33 bits per heavy atom.